The summed E-state index contributed by atoms with van der Waals surface area (Å²) in [5.74, 6) is -0.911. The molecule has 0 aliphatic carbocycles. The molecule has 12 heavy (non-hydrogen) atoms. The van der Waals surface area contributed by atoms with E-state index in [-0.39, 0.29) is 5.56 Å². The van der Waals surface area contributed by atoms with Crippen LogP contribution in [0.3, 0.4) is 0 Å². The third-order valence-corrected chi connectivity index (χ3v) is 1.32. The van der Waals surface area contributed by atoms with Gasteiger partial charge in [0.25, 0.3) is 0 Å². The van der Waals surface area contributed by atoms with Gasteiger partial charge >= 0.3 is 5.69 Å². The number of hydrogen-bond donors (Lipinski definition) is 1. The van der Waals surface area contributed by atoms with E-state index in [1.54, 1.807) is 0 Å². The SMILES string of the molecule is O=[N+]([O-])c1cc([CH]O)ccc1F. The summed E-state index contributed by atoms with van der Waals surface area (Å²) in [6.45, 7) is 0.673. The number of nitro benzene ring substituents is 1. The molecular weight excluding hydrogens is 165 g/mol. The van der Waals surface area contributed by atoms with E-state index in [0.717, 1.165) is 12.1 Å². The molecule has 0 aliphatic heterocycles. The average Bonchev–Trinajstić information content (AvgIpc) is 2.05. The van der Waals surface area contributed by atoms with Crippen molar-refractivity contribution in [1.82, 2.24) is 0 Å². The maximum absolute atomic E-state index is 12.6. The predicted octanol–water partition coefficient (Wildman–Crippen LogP) is 1.62. The van der Waals surface area contributed by atoms with Gasteiger partial charge in [-0.25, -0.2) is 0 Å². The van der Waals surface area contributed by atoms with Crippen LogP contribution in [0.1, 0.15) is 5.56 Å². The van der Waals surface area contributed by atoms with E-state index < -0.39 is 16.4 Å². The Labute approximate surface area is 67.4 Å². The Morgan fingerprint density at radius 3 is 2.75 bits per heavy atom. The van der Waals surface area contributed by atoms with Crippen LogP contribution in [0.4, 0.5) is 10.1 Å². The molecule has 1 N–H and O–H groups in total. The second kappa shape index (κ2) is 3.27. The lowest BCUT2D eigenvalue weighted by Crippen LogP contribution is -1.93. The third-order valence-electron chi connectivity index (χ3n) is 1.32. The van der Waals surface area contributed by atoms with Crippen LogP contribution in [0.25, 0.3) is 0 Å². The van der Waals surface area contributed by atoms with E-state index in [1.165, 1.54) is 6.07 Å². The molecule has 63 valence electrons. The van der Waals surface area contributed by atoms with Gasteiger partial charge in [0.2, 0.25) is 5.82 Å². The van der Waals surface area contributed by atoms with Crippen LogP contribution in [0.15, 0.2) is 18.2 Å². The molecule has 0 bridgehead atoms. The Morgan fingerprint density at radius 1 is 1.58 bits per heavy atom. The highest BCUT2D eigenvalue weighted by atomic mass is 19.1. The standard InChI is InChI=1S/C7H5FNO3/c8-6-2-1-5(4-10)3-7(6)9(11)12/h1-4,10H. The highest BCUT2D eigenvalue weighted by molar-refractivity contribution is 5.37. The van der Waals surface area contributed by atoms with Gasteiger partial charge in [-0.05, 0) is 11.6 Å². The molecule has 0 aliphatic rings. The van der Waals surface area contributed by atoms with Crippen LogP contribution in [0.5, 0.6) is 0 Å². The van der Waals surface area contributed by atoms with Crippen molar-refractivity contribution < 1.29 is 14.4 Å². The number of aliphatic hydroxyl groups excluding tert-OH is 1. The van der Waals surface area contributed by atoms with Crippen LogP contribution in [-0.4, -0.2) is 10.0 Å². The molecule has 5 heteroatoms. The fourth-order valence-corrected chi connectivity index (χ4v) is 0.750. The second-order valence-electron chi connectivity index (χ2n) is 2.10. The van der Waals surface area contributed by atoms with Gasteiger partial charge in [0.1, 0.15) is 6.61 Å². The van der Waals surface area contributed by atoms with Crippen LogP contribution >= 0.6 is 0 Å². The zero-order valence-corrected chi connectivity index (χ0v) is 5.90. The summed E-state index contributed by atoms with van der Waals surface area (Å²) < 4.78 is 12.6. The minimum Gasteiger partial charge on any atom is -0.385 e. The van der Waals surface area contributed by atoms with Crippen molar-refractivity contribution in [2.45, 2.75) is 0 Å². The van der Waals surface area contributed by atoms with E-state index in [2.05, 4.69) is 0 Å². The summed E-state index contributed by atoms with van der Waals surface area (Å²) in [4.78, 5) is 9.32. The summed E-state index contributed by atoms with van der Waals surface area (Å²) in [5.41, 5.74) is -0.444. The van der Waals surface area contributed by atoms with Crippen LogP contribution < -0.4 is 0 Å². The van der Waals surface area contributed by atoms with E-state index in [1.807, 2.05) is 0 Å². The molecule has 0 heterocycles. The molecule has 0 fully saturated rings. The van der Waals surface area contributed by atoms with Gasteiger partial charge in [-0.2, -0.15) is 4.39 Å². The lowest BCUT2D eigenvalue weighted by molar-refractivity contribution is -0.387. The minimum atomic E-state index is -0.911. The Kier molecular flexibility index (Phi) is 2.35. The van der Waals surface area contributed by atoms with Crippen molar-refractivity contribution >= 4 is 5.69 Å². The van der Waals surface area contributed by atoms with E-state index in [0.29, 0.717) is 6.61 Å². The first-order valence-electron chi connectivity index (χ1n) is 3.06. The van der Waals surface area contributed by atoms with Crippen molar-refractivity contribution in [1.29, 1.82) is 0 Å². The number of halogens is 1. The Hall–Kier alpha value is -1.49. The Morgan fingerprint density at radius 2 is 2.25 bits per heavy atom. The van der Waals surface area contributed by atoms with Crippen LogP contribution in [-0.2, 0) is 0 Å². The topological polar surface area (TPSA) is 63.4 Å². The van der Waals surface area contributed by atoms with Gasteiger partial charge in [0.15, 0.2) is 0 Å². The first-order valence-corrected chi connectivity index (χ1v) is 3.06. The fraction of sp³-hybridized carbons (Fsp3) is 0. The zero-order chi connectivity index (χ0) is 9.14. The van der Waals surface area contributed by atoms with E-state index in [4.69, 9.17) is 5.11 Å². The third kappa shape index (κ3) is 1.57. The number of rotatable bonds is 2. The summed E-state index contributed by atoms with van der Waals surface area (Å²) in [5, 5.41) is 18.6. The van der Waals surface area contributed by atoms with Crippen molar-refractivity contribution in [2.75, 3.05) is 0 Å². The van der Waals surface area contributed by atoms with E-state index >= 15 is 0 Å². The van der Waals surface area contributed by atoms with Gasteiger partial charge < -0.3 is 5.11 Å². The highest BCUT2D eigenvalue weighted by Crippen LogP contribution is 2.18. The Balaban J connectivity index is 3.17. The van der Waals surface area contributed by atoms with Crippen molar-refractivity contribution in [3.63, 3.8) is 0 Å². The zero-order valence-electron chi connectivity index (χ0n) is 5.90. The maximum atomic E-state index is 12.6. The molecule has 1 aromatic rings. The molecule has 0 saturated heterocycles. The molecular formula is C7H5FNO3. The molecule has 0 saturated carbocycles. The molecule has 0 spiro atoms. The van der Waals surface area contributed by atoms with Gasteiger partial charge in [-0.1, -0.05) is 6.07 Å². The molecule has 0 amide bonds. The first kappa shape index (κ1) is 8.61. The monoisotopic (exact) mass is 170 g/mol. The lowest BCUT2D eigenvalue weighted by atomic mass is 10.2. The van der Waals surface area contributed by atoms with Gasteiger partial charge in [-0.3, -0.25) is 10.1 Å². The number of benzene rings is 1. The average molecular weight is 170 g/mol. The number of hydrogen-bond acceptors (Lipinski definition) is 3. The fourth-order valence-electron chi connectivity index (χ4n) is 0.750. The second-order valence-corrected chi connectivity index (χ2v) is 2.10. The summed E-state index contributed by atoms with van der Waals surface area (Å²) in [7, 11) is 0. The smallest absolute Gasteiger partial charge is 0.305 e. The van der Waals surface area contributed by atoms with Gasteiger partial charge in [-0.15, -0.1) is 0 Å². The Bertz CT molecular complexity index is 314. The summed E-state index contributed by atoms with van der Waals surface area (Å²) >= 11 is 0. The molecule has 0 atom stereocenters. The molecule has 1 rings (SSSR count). The quantitative estimate of drug-likeness (QED) is 0.541. The number of nitrogens with zero attached hydrogens (tertiary/aromatic N) is 1. The molecule has 0 unspecified atom stereocenters. The lowest BCUT2D eigenvalue weighted by Gasteiger charge is -1.95. The molecule has 0 aromatic heterocycles. The number of nitro groups is 1. The largest absolute Gasteiger partial charge is 0.385 e. The van der Waals surface area contributed by atoms with Crippen molar-refractivity contribution in [3.05, 3.63) is 46.3 Å². The maximum Gasteiger partial charge on any atom is 0.305 e. The minimum absolute atomic E-state index is 0.197. The first-order chi connectivity index (χ1) is 5.65. The van der Waals surface area contributed by atoms with Crippen LogP contribution in [0, 0.1) is 22.5 Å². The normalized spacial score (nSPS) is 9.83. The van der Waals surface area contributed by atoms with Gasteiger partial charge in [0, 0.05) is 6.07 Å². The van der Waals surface area contributed by atoms with Crippen molar-refractivity contribution in [2.24, 2.45) is 0 Å². The number of aliphatic hydroxyl groups is 1. The molecule has 1 radical (unpaired) electrons. The summed E-state index contributed by atoms with van der Waals surface area (Å²) in [6, 6.07) is 3.12. The summed E-state index contributed by atoms with van der Waals surface area (Å²) in [6.07, 6.45) is 0. The van der Waals surface area contributed by atoms with E-state index in [9.17, 15) is 14.5 Å². The predicted molar refractivity (Wildman–Crippen MR) is 38.4 cm³/mol. The molecule has 1 aromatic carbocycles. The van der Waals surface area contributed by atoms with Crippen molar-refractivity contribution in [3.8, 4) is 0 Å². The highest BCUT2D eigenvalue weighted by Gasteiger charge is 2.13. The van der Waals surface area contributed by atoms with Crippen LogP contribution in [0.2, 0.25) is 0 Å². The molecule has 4 nitrogen and oxygen atoms in total. The van der Waals surface area contributed by atoms with Gasteiger partial charge in [0.05, 0.1) is 4.92 Å².